The molecule has 2 rings (SSSR count). The van der Waals surface area contributed by atoms with Crippen molar-refractivity contribution >= 4 is 0 Å². The summed E-state index contributed by atoms with van der Waals surface area (Å²) in [5, 5.41) is 7.93. The Morgan fingerprint density at radius 1 is 1.44 bits per heavy atom. The number of aromatic nitrogens is 2. The van der Waals surface area contributed by atoms with Gasteiger partial charge < -0.3 is 5.32 Å². The Balaban J connectivity index is 1.77. The Morgan fingerprint density at radius 2 is 2.25 bits per heavy atom. The summed E-state index contributed by atoms with van der Waals surface area (Å²) in [6, 6.07) is 0.671. The van der Waals surface area contributed by atoms with Gasteiger partial charge in [-0.05, 0) is 25.8 Å². The SMILES string of the molecule is CCCCNCc1cnn(C2CCCC2)c1. The van der Waals surface area contributed by atoms with E-state index in [1.807, 2.05) is 6.20 Å². The second kappa shape index (κ2) is 6.04. The second-order valence-electron chi connectivity index (χ2n) is 4.80. The van der Waals surface area contributed by atoms with Gasteiger partial charge in [0.05, 0.1) is 12.2 Å². The lowest BCUT2D eigenvalue weighted by molar-refractivity contribution is 0.466. The third-order valence-electron chi connectivity index (χ3n) is 3.39. The van der Waals surface area contributed by atoms with Crippen LogP contribution in [0.5, 0.6) is 0 Å². The molecule has 0 aliphatic heterocycles. The summed E-state index contributed by atoms with van der Waals surface area (Å²) in [4.78, 5) is 0. The Bertz CT molecular complexity index is 300. The highest BCUT2D eigenvalue weighted by atomic mass is 15.3. The summed E-state index contributed by atoms with van der Waals surface area (Å²) in [6.45, 7) is 4.30. The molecule has 3 heteroatoms. The molecule has 0 unspecified atom stereocenters. The van der Waals surface area contributed by atoms with E-state index < -0.39 is 0 Å². The molecule has 0 amide bonds. The number of hydrogen-bond donors (Lipinski definition) is 1. The molecule has 1 aliphatic rings. The fourth-order valence-electron chi connectivity index (χ4n) is 2.37. The van der Waals surface area contributed by atoms with Crippen molar-refractivity contribution in [1.29, 1.82) is 0 Å². The number of hydrogen-bond acceptors (Lipinski definition) is 2. The molecule has 0 spiro atoms. The van der Waals surface area contributed by atoms with Crippen LogP contribution in [0.1, 0.15) is 57.1 Å². The van der Waals surface area contributed by atoms with E-state index in [1.165, 1.54) is 44.1 Å². The first-order chi connectivity index (χ1) is 7.90. The van der Waals surface area contributed by atoms with Crippen LogP contribution in [0.4, 0.5) is 0 Å². The largest absolute Gasteiger partial charge is 0.313 e. The molecule has 0 atom stereocenters. The van der Waals surface area contributed by atoms with Gasteiger partial charge in [-0.15, -0.1) is 0 Å². The van der Waals surface area contributed by atoms with Gasteiger partial charge >= 0.3 is 0 Å². The first-order valence-electron chi connectivity index (χ1n) is 6.64. The number of nitrogens with zero attached hydrogens (tertiary/aromatic N) is 2. The molecule has 16 heavy (non-hydrogen) atoms. The van der Waals surface area contributed by atoms with Crippen LogP contribution >= 0.6 is 0 Å². The average Bonchev–Trinajstić information content (AvgIpc) is 2.94. The summed E-state index contributed by atoms with van der Waals surface area (Å²) in [7, 11) is 0. The van der Waals surface area contributed by atoms with E-state index in [2.05, 4.69) is 28.2 Å². The predicted molar refractivity (Wildman–Crippen MR) is 66.3 cm³/mol. The number of unbranched alkanes of at least 4 members (excludes halogenated alkanes) is 1. The molecule has 1 aromatic rings. The van der Waals surface area contributed by atoms with Crippen LogP contribution in [0.25, 0.3) is 0 Å². The lowest BCUT2D eigenvalue weighted by atomic mass is 10.2. The van der Waals surface area contributed by atoms with Gasteiger partial charge in [0, 0.05) is 18.3 Å². The van der Waals surface area contributed by atoms with Crippen molar-refractivity contribution < 1.29 is 0 Å². The van der Waals surface area contributed by atoms with Gasteiger partial charge in [0.15, 0.2) is 0 Å². The van der Waals surface area contributed by atoms with Crippen molar-refractivity contribution in [3.63, 3.8) is 0 Å². The summed E-state index contributed by atoms with van der Waals surface area (Å²) >= 11 is 0. The normalized spacial score (nSPS) is 17.1. The molecule has 90 valence electrons. The van der Waals surface area contributed by atoms with Gasteiger partial charge in [0.2, 0.25) is 0 Å². The van der Waals surface area contributed by atoms with Crippen LogP contribution in [0, 0.1) is 0 Å². The summed E-state index contributed by atoms with van der Waals surface area (Å²) in [5.74, 6) is 0. The maximum Gasteiger partial charge on any atom is 0.0534 e. The van der Waals surface area contributed by atoms with Crippen LogP contribution in [-0.2, 0) is 6.54 Å². The van der Waals surface area contributed by atoms with Crippen molar-refractivity contribution in [3.8, 4) is 0 Å². The lowest BCUT2D eigenvalue weighted by Gasteiger charge is -2.08. The smallest absolute Gasteiger partial charge is 0.0534 e. The Morgan fingerprint density at radius 3 is 3.00 bits per heavy atom. The van der Waals surface area contributed by atoms with E-state index in [0.29, 0.717) is 6.04 Å². The quantitative estimate of drug-likeness (QED) is 0.749. The minimum Gasteiger partial charge on any atom is -0.313 e. The molecule has 1 fully saturated rings. The first kappa shape index (κ1) is 11.6. The zero-order valence-corrected chi connectivity index (χ0v) is 10.3. The highest BCUT2D eigenvalue weighted by molar-refractivity contribution is 5.04. The molecule has 3 nitrogen and oxygen atoms in total. The topological polar surface area (TPSA) is 29.9 Å². The molecule has 0 aromatic carbocycles. The van der Waals surface area contributed by atoms with Gasteiger partial charge in [-0.2, -0.15) is 5.10 Å². The maximum absolute atomic E-state index is 4.47. The molecule has 1 saturated carbocycles. The highest BCUT2D eigenvalue weighted by Crippen LogP contribution is 2.28. The molecule has 1 aliphatic carbocycles. The Labute approximate surface area is 98.2 Å². The summed E-state index contributed by atoms with van der Waals surface area (Å²) in [6.07, 6.45) is 12.1. The standard InChI is InChI=1S/C13H23N3/c1-2-3-8-14-9-12-10-15-16(11-12)13-6-4-5-7-13/h10-11,13-14H,2-9H2,1H3. The van der Waals surface area contributed by atoms with Crippen molar-refractivity contribution in [2.45, 2.75) is 58.0 Å². The fourth-order valence-corrected chi connectivity index (χ4v) is 2.37. The van der Waals surface area contributed by atoms with E-state index in [-0.39, 0.29) is 0 Å². The minimum atomic E-state index is 0.671. The summed E-state index contributed by atoms with van der Waals surface area (Å²) in [5.41, 5.74) is 1.32. The van der Waals surface area contributed by atoms with Gasteiger partial charge in [-0.1, -0.05) is 26.2 Å². The van der Waals surface area contributed by atoms with E-state index in [0.717, 1.165) is 13.1 Å². The second-order valence-corrected chi connectivity index (χ2v) is 4.80. The maximum atomic E-state index is 4.47. The van der Waals surface area contributed by atoms with Crippen LogP contribution in [-0.4, -0.2) is 16.3 Å². The van der Waals surface area contributed by atoms with E-state index in [4.69, 9.17) is 0 Å². The van der Waals surface area contributed by atoms with Crippen molar-refractivity contribution in [2.24, 2.45) is 0 Å². The Kier molecular flexibility index (Phi) is 4.40. The van der Waals surface area contributed by atoms with Crippen LogP contribution < -0.4 is 5.32 Å². The minimum absolute atomic E-state index is 0.671. The van der Waals surface area contributed by atoms with Gasteiger partial charge in [0.1, 0.15) is 0 Å². The van der Waals surface area contributed by atoms with Gasteiger partial charge in [0.25, 0.3) is 0 Å². The monoisotopic (exact) mass is 221 g/mol. The first-order valence-corrected chi connectivity index (χ1v) is 6.64. The molecule has 0 bridgehead atoms. The van der Waals surface area contributed by atoms with Crippen LogP contribution in [0.15, 0.2) is 12.4 Å². The van der Waals surface area contributed by atoms with Gasteiger partial charge in [-0.25, -0.2) is 0 Å². The average molecular weight is 221 g/mol. The third-order valence-corrected chi connectivity index (χ3v) is 3.39. The molecule has 1 heterocycles. The zero-order valence-electron chi connectivity index (χ0n) is 10.3. The molecule has 1 N–H and O–H groups in total. The fraction of sp³-hybridized carbons (Fsp3) is 0.769. The van der Waals surface area contributed by atoms with Gasteiger partial charge in [-0.3, -0.25) is 4.68 Å². The zero-order chi connectivity index (χ0) is 11.2. The summed E-state index contributed by atoms with van der Waals surface area (Å²) < 4.78 is 2.17. The van der Waals surface area contributed by atoms with E-state index in [9.17, 15) is 0 Å². The molecule has 1 aromatic heterocycles. The van der Waals surface area contributed by atoms with Crippen molar-refractivity contribution in [3.05, 3.63) is 18.0 Å². The molecule has 0 radical (unpaired) electrons. The van der Waals surface area contributed by atoms with E-state index in [1.54, 1.807) is 0 Å². The van der Waals surface area contributed by atoms with Crippen molar-refractivity contribution in [2.75, 3.05) is 6.54 Å². The highest BCUT2D eigenvalue weighted by Gasteiger charge is 2.17. The number of nitrogens with one attached hydrogen (secondary N) is 1. The Hall–Kier alpha value is -0.830. The third kappa shape index (κ3) is 3.08. The lowest BCUT2D eigenvalue weighted by Crippen LogP contribution is -2.14. The van der Waals surface area contributed by atoms with Crippen molar-refractivity contribution in [1.82, 2.24) is 15.1 Å². The van der Waals surface area contributed by atoms with Crippen LogP contribution in [0.2, 0.25) is 0 Å². The number of rotatable bonds is 6. The van der Waals surface area contributed by atoms with Crippen LogP contribution in [0.3, 0.4) is 0 Å². The molecule has 0 saturated heterocycles. The molecular weight excluding hydrogens is 198 g/mol. The predicted octanol–water partition coefficient (Wildman–Crippen LogP) is 2.89. The molecular formula is C13H23N3. The van der Waals surface area contributed by atoms with E-state index >= 15 is 0 Å².